The van der Waals surface area contributed by atoms with E-state index in [2.05, 4.69) is 30.4 Å². The highest BCUT2D eigenvalue weighted by molar-refractivity contribution is 5.87. The molecular weight excluding hydrogens is 1040 g/mol. The Bertz CT molecular complexity index is 2770. The second-order valence-electron chi connectivity index (χ2n) is 21.5. The second-order valence-corrected chi connectivity index (χ2v) is 21.5. The van der Waals surface area contributed by atoms with Crippen LogP contribution in [0.15, 0.2) is 67.0 Å². The Balaban J connectivity index is 1.09. The van der Waals surface area contributed by atoms with Gasteiger partial charge in [0.05, 0.1) is 61.1 Å². The summed E-state index contributed by atoms with van der Waals surface area (Å²) in [5.41, 5.74) is -2.94. The Kier molecular flexibility index (Phi) is 16.7. The molecule has 26 heteroatoms. The van der Waals surface area contributed by atoms with Crippen LogP contribution in [-0.4, -0.2) is 154 Å². The Hall–Kier alpha value is -6.64. The standard InChI is InChI=1S/C52H62F8N10O8/c1-49(2,51(55,56)57)43(64-48(76)77-5)45(72)62-40(18-28-6-8-29(9-7-28)30-10-15-42(61-21-30)67-22-33-13-14-34(23-67)70(33)35-26-78-27-35)41(71)25-68(66-46(73)44(63-47(74)75)50(3,4)52(58,59)60)24-36-37(53)19-31(20-38(36)54)39-16-17-69(65-39)32-11-12-32/h6-10,15-17,19-21,32-35,40-41,43-44,63,71H,11-14,18,22-27H2,1-5H3,(H,62,72)(H,64,76)(H,66,73)(H,74,75). The molecular formula is C52H62F8N10O8. The van der Waals surface area contributed by atoms with E-state index >= 15 is 8.78 Å². The summed E-state index contributed by atoms with van der Waals surface area (Å²) in [5.74, 6) is -4.86. The van der Waals surface area contributed by atoms with Gasteiger partial charge < -0.3 is 40.5 Å². The fourth-order valence-corrected chi connectivity index (χ4v) is 10.1. The minimum absolute atomic E-state index is 0.00331. The Labute approximate surface area is 443 Å². The number of halogens is 8. The van der Waals surface area contributed by atoms with Gasteiger partial charge in [-0.25, -0.2) is 28.4 Å². The lowest BCUT2D eigenvalue weighted by molar-refractivity contribution is -0.221. The highest BCUT2D eigenvalue weighted by atomic mass is 19.4. The molecule has 4 aliphatic rings. The number of amides is 4. The number of alkyl carbamates (subject to hydrolysis) is 1. The first-order valence-electron chi connectivity index (χ1n) is 25.3. The van der Waals surface area contributed by atoms with Crippen molar-refractivity contribution in [2.75, 3.05) is 44.9 Å². The van der Waals surface area contributed by atoms with Crippen LogP contribution in [0.25, 0.3) is 22.4 Å². The third-order valence-electron chi connectivity index (χ3n) is 15.3. The maximum Gasteiger partial charge on any atom is 0.407 e. The predicted molar refractivity (Wildman–Crippen MR) is 265 cm³/mol. The van der Waals surface area contributed by atoms with E-state index in [9.17, 15) is 55.7 Å². The Morgan fingerprint density at radius 3 is 1.86 bits per heavy atom. The molecule has 3 aliphatic heterocycles. The number of rotatable bonds is 20. The number of carbonyl (C=O) groups excluding carboxylic acids is 3. The van der Waals surface area contributed by atoms with E-state index in [1.54, 1.807) is 41.3 Å². The summed E-state index contributed by atoms with van der Waals surface area (Å²) in [6, 6.07) is 8.31. The van der Waals surface area contributed by atoms with Crippen molar-refractivity contribution in [1.29, 1.82) is 0 Å². The van der Waals surface area contributed by atoms with Crippen LogP contribution in [0.4, 0.5) is 50.5 Å². The fourth-order valence-electron chi connectivity index (χ4n) is 10.1. The van der Waals surface area contributed by atoms with Gasteiger partial charge in [-0.1, -0.05) is 24.3 Å². The minimum atomic E-state index is -5.23. The number of hydrogen-bond acceptors (Lipinski definition) is 12. The van der Waals surface area contributed by atoms with E-state index in [1.165, 1.54) is 11.4 Å². The second kappa shape index (κ2) is 22.6. The van der Waals surface area contributed by atoms with Crippen LogP contribution >= 0.6 is 0 Å². The summed E-state index contributed by atoms with van der Waals surface area (Å²) < 4.78 is 131. The lowest BCUT2D eigenvalue weighted by Gasteiger charge is -2.48. The first-order valence-corrected chi connectivity index (χ1v) is 25.3. The van der Waals surface area contributed by atoms with Gasteiger partial charge in [0.25, 0.3) is 5.91 Å². The molecule has 3 saturated heterocycles. The van der Waals surface area contributed by atoms with E-state index in [-0.39, 0.29) is 17.3 Å². The number of fused-ring (bicyclic) bond motifs is 2. The summed E-state index contributed by atoms with van der Waals surface area (Å²) in [6.07, 6.45) is -9.11. The Morgan fingerprint density at radius 1 is 0.769 bits per heavy atom. The van der Waals surface area contributed by atoms with Gasteiger partial charge in [-0.3, -0.25) is 24.6 Å². The van der Waals surface area contributed by atoms with Gasteiger partial charge in [0.2, 0.25) is 5.91 Å². The number of carbonyl (C=O) groups is 4. The van der Waals surface area contributed by atoms with Crippen molar-refractivity contribution in [2.45, 2.75) is 127 Å². The first kappa shape index (κ1) is 57.5. The number of piperazine rings is 1. The number of nitrogens with zero attached hydrogens (tertiary/aromatic N) is 6. The van der Waals surface area contributed by atoms with Crippen molar-refractivity contribution in [3.63, 3.8) is 0 Å². The Morgan fingerprint density at radius 2 is 1.35 bits per heavy atom. The highest BCUT2D eigenvalue weighted by Crippen LogP contribution is 2.43. The van der Waals surface area contributed by atoms with Crippen molar-refractivity contribution < 1.29 is 74.0 Å². The summed E-state index contributed by atoms with van der Waals surface area (Å²) >= 11 is 0. The lowest BCUT2D eigenvalue weighted by atomic mass is 9.82. The number of hydrogen-bond donors (Lipinski definition) is 6. The van der Waals surface area contributed by atoms with Gasteiger partial charge in [0.1, 0.15) is 29.5 Å². The molecule has 424 valence electrons. The SMILES string of the molecule is COC(=O)NC(C(=O)NC(Cc1ccc(-c2ccc(N3CC4CCC(C3)N4C3COC3)nc2)cc1)C(O)CN(Cc1c(F)cc(-c2ccn(C3CC3)n2)cc1F)NC(=O)C(NC(=O)O)C(C)(C)C(F)(F)F)C(C)(C)C(F)(F)F. The number of nitrogens with one attached hydrogen (secondary N) is 4. The molecule has 0 spiro atoms. The molecule has 6 unspecified atom stereocenters. The normalized spacial score (nSPS) is 19.9. The largest absolute Gasteiger partial charge is 0.465 e. The van der Waals surface area contributed by atoms with Crippen molar-refractivity contribution in [3.05, 3.63) is 89.8 Å². The maximum atomic E-state index is 16.2. The molecule has 2 aromatic carbocycles. The molecule has 6 N–H and O–H groups in total. The van der Waals surface area contributed by atoms with Crippen molar-refractivity contribution in [3.8, 4) is 22.4 Å². The first-order chi connectivity index (χ1) is 36.6. The zero-order chi connectivity index (χ0) is 56.6. The number of carboxylic acid groups (broad SMARTS) is 1. The van der Waals surface area contributed by atoms with Crippen molar-refractivity contribution in [1.82, 2.24) is 46.0 Å². The predicted octanol–water partition coefficient (Wildman–Crippen LogP) is 6.74. The molecule has 2 aromatic heterocycles. The number of alkyl halides is 6. The number of aliphatic hydroxyl groups excluding tert-OH is 1. The topological polar surface area (TPSA) is 216 Å². The van der Waals surface area contributed by atoms with Gasteiger partial charge in [0.15, 0.2) is 0 Å². The smallest absolute Gasteiger partial charge is 0.407 e. The van der Waals surface area contributed by atoms with Crippen LogP contribution in [0.2, 0.25) is 0 Å². The third kappa shape index (κ3) is 12.6. The van der Waals surface area contributed by atoms with E-state index in [0.717, 1.165) is 77.0 Å². The number of anilines is 1. The lowest BCUT2D eigenvalue weighted by Crippen LogP contribution is -2.63. The molecule has 8 rings (SSSR count). The molecule has 2 bridgehead atoms. The highest BCUT2D eigenvalue weighted by Gasteiger charge is 2.57. The van der Waals surface area contributed by atoms with Crippen LogP contribution in [0, 0.1) is 22.5 Å². The quantitative estimate of drug-likeness (QED) is 0.0400. The average molecular weight is 1110 g/mol. The zero-order valence-electron chi connectivity index (χ0n) is 43.3. The van der Waals surface area contributed by atoms with Crippen molar-refractivity contribution >= 4 is 29.8 Å². The van der Waals surface area contributed by atoms with E-state index in [0.29, 0.717) is 67.5 Å². The monoisotopic (exact) mass is 1110 g/mol. The summed E-state index contributed by atoms with van der Waals surface area (Å²) in [7, 11) is 0.847. The van der Waals surface area contributed by atoms with E-state index < -0.39 is 108 Å². The van der Waals surface area contributed by atoms with Crippen LogP contribution in [0.1, 0.15) is 70.5 Å². The van der Waals surface area contributed by atoms with Crippen LogP contribution in [0.3, 0.4) is 0 Å². The number of methoxy groups -OCH3 is 1. The van der Waals surface area contributed by atoms with Gasteiger partial charge in [0, 0.05) is 67.3 Å². The number of aliphatic hydroxyl groups is 1. The van der Waals surface area contributed by atoms with Crippen LogP contribution in [-0.2, 0) is 32.0 Å². The molecule has 4 amide bonds. The molecule has 5 heterocycles. The van der Waals surface area contributed by atoms with E-state index in [1.807, 2.05) is 17.4 Å². The molecule has 1 saturated carbocycles. The molecule has 1 aliphatic carbocycles. The van der Waals surface area contributed by atoms with Gasteiger partial charge in [-0.2, -0.15) is 31.4 Å². The number of pyridine rings is 1. The van der Waals surface area contributed by atoms with Crippen LogP contribution < -0.4 is 26.3 Å². The van der Waals surface area contributed by atoms with Crippen molar-refractivity contribution in [2.24, 2.45) is 10.8 Å². The summed E-state index contributed by atoms with van der Waals surface area (Å²) in [4.78, 5) is 61.9. The number of aromatic nitrogens is 3. The minimum Gasteiger partial charge on any atom is -0.465 e. The number of ether oxygens (including phenoxy) is 2. The summed E-state index contributed by atoms with van der Waals surface area (Å²) in [6.45, 7) is 3.33. The van der Waals surface area contributed by atoms with Crippen LogP contribution in [0.5, 0.6) is 0 Å². The number of benzene rings is 2. The van der Waals surface area contributed by atoms with E-state index in [4.69, 9.17) is 9.72 Å². The molecule has 6 atom stereocenters. The zero-order valence-corrected chi connectivity index (χ0v) is 43.3. The summed E-state index contributed by atoms with van der Waals surface area (Å²) in [5, 5.41) is 32.4. The third-order valence-corrected chi connectivity index (χ3v) is 15.3. The molecule has 78 heavy (non-hydrogen) atoms. The molecule has 4 aromatic rings. The van der Waals surface area contributed by atoms with Gasteiger partial charge >= 0.3 is 24.5 Å². The van der Waals surface area contributed by atoms with Gasteiger partial charge in [-0.15, -0.1) is 0 Å². The molecule has 0 radical (unpaired) electrons. The molecule has 18 nitrogen and oxygen atoms in total. The maximum absolute atomic E-state index is 16.2. The number of hydrazine groups is 1. The fraction of sp³-hybridized carbons (Fsp3) is 0.538. The van der Waals surface area contributed by atoms with Gasteiger partial charge in [-0.05, 0) is 101 Å². The molecule has 4 fully saturated rings. The average Bonchev–Trinajstić information content (AvgIpc) is 4.19.